The van der Waals surface area contributed by atoms with E-state index in [1.165, 1.54) is 4.90 Å². The number of benzene rings is 2. The summed E-state index contributed by atoms with van der Waals surface area (Å²) in [6.45, 7) is 6.82. The number of nitrogens with one attached hydrogen (secondary N) is 2. The van der Waals surface area contributed by atoms with E-state index in [1.54, 1.807) is 0 Å². The molecule has 0 bridgehead atoms. The van der Waals surface area contributed by atoms with Crippen LogP contribution < -0.4 is 15.1 Å². The van der Waals surface area contributed by atoms with Gasteiger partial charge in [0.25, 0.3) is 5.91 Å². The molecule has 2 aromatic carbocycles. The van der Waals surface area contributed by atoms with Crippen LogP contribution in [-0.2, 0) is 19.9 Å². The molecule has 0 aromatic heterocycles. The minimum atomic E-state index is -1.02. The van der Waals surface area contributed by atoms with Crippen LogP contribution in [0.25, 0.3) is 0 Å². The summed E-state index contributed by atoms with van der Waals surface area (Å²) in [5.41, 5.74) is 4.51. The number of imide groups is 1. The molecule has 0 radical (unpaired) electrons. The average molecular weight is 417 g/mol. The van der Waals surface area contributed by atoms with Crippen molar-refractivity contribution >= 4 is 29.1 Å². The van der Waals surface area contributed by atoms with Gasteiger partial charge in [-0.05, 0) is 50.1 Å². The van der Waals surface area contributed by atoms with Crippen LogP contribution in [0.3, 0.4) is 0 Å². The number of rotatable bonds is 1. The van der Waals surface area contributed by atoms with Crippen LogP contribution >= 0.6 is 0 Å². The number of anilines is 2. The SMILES string of the molecule is Cc1ccc(N2C(=O)[C@H]3[C@@H](C2=O)[C@]2(C(=O)Nc4c2ccc(C)c4C)[NH+]2CCC[C@@H]32)cc1. The summed E-state index contributed by atoms with van der Waals surface area (Å²) >= 11 is 0. The largest absolute Gasteiger partial charge is 0.320 e. The molecular weight excluding hydrogens is 390 g/mol. The zero-order chi connectivity index (χ0) is 21.7. The van der Waals surface area contributed by atoms with Crippen LogP contribution in [0.5, 0.6) is 0 Å². The number of nitrogens with zero attached hydrogens (tertiary/aromatic N) is 1. The number of aryl methyl sites for hydroxylation is 2. The molecule has 3 amide bonds. The summed E-state index contributed by atoms with van der Waals surface area (Å²) < 4.78 is 0. The van der Waals surface area contributed by atoms with Gasteiger partial charge in [0, 0.05) is 18.4 Å². The van der Waals surface area contributed by atoms with Crippen molar-refractivity contribution in [2.75, 3.05) is 16.8 Å². The topological polar surface area (TPSA) is 70.9 Å². The maximum Gasteiger partial charge on any atom is 0.291 e. The van der Waals surface area contributed by atoms with Crippen LogP contribution in [0.1, 0.15) is 35.1 Å². The summed E-state index contributed by atoms with van der Waals surface area (Å²) in [6.07, 6.45) is 1.83. The average Bonchev–Trinajstić information content (AvgIpc) is 3.45. The monoisotopic (exact) mass is 416 g/mol. The van der Waals surface area contributed by atoms with Crippen LogP contribution in [0.15, 0.2) is 36.4 Å². The highest BCUT2D eigenvalue weighted by Crippen LogP contribution is 2.53. The van der Waals surface area contributed by atoms with Gasteiger partial charge in [0.05, 0.1) is 17.9 Å². The van der Waals surface area contributed by atoms with Gasteiger partial charge >= 0.3 is 0 Å². The van der Waals surface area contributed by atoms with Crippen molar-refractivity contribution in [1.29, 1.82) is 0 Å². The summed E-state index contributed by atoms with van der Waals surface area (Å²) in [4.78, 5) is 43.7. The lowest BCUT2D eigenvalue weighted by Crippen LogP contribution is -3.19. The lowest BCUT2D eigenvalue weighted by molar-refractivity contribution is -0.948. The van der Waals surface area contributed by atoms with E-state index in [0.717, 1.165) is 52.2 Å². The van der Waals surface area contributed by atoms with Crippen molar-refractivity contribution in [3.63, 3.8) is 0 Å². The molecule has 5 atom stereocenters. The highest BCUT2D eigenvalue weighted by atomic mass is 16.2. The van der Waals surface area contributed by atoms with Gasteiger partial charge in [-0.15, -0.1) is 0 Å². The molecule has 0 aliphatic carbocycles. The van der Waals surface area contributed by atoms with E-state index in [2.05, 4.69) is 5.32 Å². The Morgan fingerprint density at radius 1 is 1.00 bits per heavy atom. The van der Waals surface area contributed by atoms with Gasteiger partial charge in [0.2, 0.25) is 17.4 Å². The Balaban J connectivity index is 1.56. The van der Waals surface area contributed by atoms with E-state index in [-0.39, 0.29) is 23.8 Å². The van der Waals surface area contributed by atoms with Crippen molar-refractivity contribution < 1.29 is 19.3 Å². The number of hydrogen-bond acceptors (Lipinski definition) is 3. The zero-order valence-electron chi connectivity index (χ0n) is 18.0. The molecule has 6 nitrogen and oxygen atoms in total. The second-order valence-corrected chi connectivity index (χ2v) is 9.57. The third-order valence-corrected chi connectivity index (χ3v) is 8.22. The fourth-order valence-electron chi connectivity index (χ4n) is 6.73. The Kier molecular flexibility index (Phi) is 3.65. The molecule has 4 heterocycles. The second-order valence-electron chi connectivity index (χ2n) is 9.57. The number of amides is 3. The van der Waals surface area contributed by atoms with E-state index in [4.69, 9.17) is 0 Å². The number of hydrogen-bond donors (Lipinski definition) is 2. The summed E-state index contributed by atoms with van der Waals surface area (Å²) in [6, 6.07) is 11.5. The molecule has 3 fully saturated rings. The molecule has 31 heavy (non-hydrogen) atoms. The predicted molar refractivity (Wildman–Crippen MR) is 116 cm³/mol. The Morgan fingerprint density at radius 3 is 2.48 bits per heavy atom. The van der Waals surface area contributed by atoms with E-state index in [9.17, 15) is 14.4 Å². The molecule has 1 spiro atoms. The molecule has 2 aromatic rings. The van der Waals surface area contributed by atoms with Crippen LogP contribution in [0.2, 0.25) is 0 Å². The van der Waals surface area contributed by atoms with Gasteiger partial charge < -0.3 is 10.2 Å². The highest BCUT2D eigenvalue weighted by molar-refractivity contribution is 6.25. The summed E-state index contributed by atoms with van der Waals surface area (Å²) in [5, 5.41) is 3.12. The van der Waals surface area contributed by atoms with Crippen molar-refractivity contribution in [2.24, 2.45) is 11.8 Å². The van der Waals surface area contributed by atoms with Crippen LogP contribution in [0.4, 0.5) is 11.4 Å². The third kappa shape index (κ3) is 2.09. The van der Waals surface area contributed by atoms with E-state index >= 15 is 0 Å². The lowest BCUT2D eigenvalue weighted by atomic mass is 9.75. The van der Waals surface area contributed by atoms with Crippen molar-refractivity contribution in [3.05, 3.63) is 58.7 Å². The summed E-state index contributed by atoms with van der Waals surface area (Å²) in [5.74, 6) is -1.63. The Bertz CT molecular complexity index is 1170. The molecule has 1 unspecified atom stereocenters. The van der Waals surface area contributed by atoms with Gasteiger partial charge in [-0.1, -0.05) is 23.8 Å². The van der Waals surface area contributed by atoms with Crippen molar-refractivity contribution in [2.45, 2.75) is 45.2 Å². The van der Waals surface area contributed by atoms with Gasteiger partial charge in [0.1, 0.15) is 17.9 Å². The maximum absolute atomic E-state index is 13.9. The minimum Gasteiger partial charge on any atom is -0.320 e. The van der Waals surface area contributed by atoms with Gasteiger partial charge in [-0.3, -0.25) is 14.4 Å². The van der Waals surface area contributed by atoms with Crippen molar-refractivity contribution in [3.8, 4) is 0 Å². The van der Waals surface area contributed by atoms with Crippen molar-refractivity contribution in [1.82, 2.24) is 0 Å². The molecular formula is C25H26N3O3+. The van der Waals surface area contributed by atoms with Crippen LogP contribution in [0, 0.1) is 32.6 Å². The van der Waals surface area contributed by atoms with Gasteiger partial charge in [-0.2, -0.15) is 0 Å². The number of carbonyl (C=O) groups is 3. The number of fused-ring (bicyclic) bond motifs is 7. The van der Waals surface area contributed by atoms with Crippen LogP contribution in [-0.4, -0.2) is 30.3 Å². The highest BCUT2D eigenvalue weighted by Gasteiger charge is 2.78. The molecule has 4 aliphatic heterocycles. The standard InChI is InChI=1S/C25H25N3O3/c1-13-6-9-16(10-7-13)28-22(29)19-18-5-4-12-27(18)25(20(19)23(28)30)17-11-8-14(2)15(3)21(17)26-24(25)31/h6-11,18-20H,4-5,12H2,1-3H3,(H,26,31)/p+1/t18-,19+,20-,25+/m0/s1. The summed E-state index contributed by atoms with van der Waals surface area (Å²) in [7, 11) is 0. The maximum atomic E-state index is 13.9. The molecule has 0 saturated carbocycles. The first-order chi connectivity index (χ1) is 14.9. The van der Waals surface area contributed by atoms with E-state index in [0.29, 0.717) is 5.69 Å². The second kappa shape index (κ2) is 6.04. The normalized spacial score (nSPS) is 33.1. The Hall–Kier alpha value is -2.99. The molecule has 6 rings (SSSR count). The third-order valence-electron chi connectivity index (χ3n) is 8.22. The molecule has 4 aliphatic rings. The molecule has 6 heteroatoms. The van der Waals surface area contributed by atoms with Gasteiger partial charge in [-0.25, -0.2) is 4.90 Å². The molecule has 2 N–H and O–H groups in total. The quantitative estimate of drug-likeness (QED) is 0.695. The number of carbonyl (C=O) groups excluding carboxylic acids is 3. The minimum absolute atomic E-state index is 0.00444. The zero-order valence-corrected chi connectivity index (χ0v) is 18.0. The Labute approximate surface area is 181 Å². The van der Waals surface area contributed by atoms with E-state index < -0.39 is 17.4 Å². The van der Waals surface area contributed by atoms with E-state index in [1.807, 2.05) is 57.2 Å². The fourth-order valence-corrected chi connectivity index (χ4v) is 6.73. The first-order valence-electron chi connectivity index (χ1n) is 11.1. The first kappa shape index (κ1) is 18.8. The number of quaternary nitrogens is 1. The Morgan fingerprint density at radius 2 is 1.74 bits per heavy atom. The lowest BCUT2D eigenvalue weighted by Gasteiger charge is -2.33. The molecule has 158 valence electrons. The molecule has 3 saturated heterocycles. The fraction of sp³-hybridized carbons (Fsp3) is 0.400. The smallest absolute Gasteiger partial charge is 0.291 e. The van der Waals surface area contributed by atoms with Gasteiger partial charge in [0.15, 0.2) is 0 Å². The first-order valence-corrected chi connectivity index (χ1v) is 11.1. The predicted octanol–water partition coefficient (Wildman–Crippen LogP) is 1.63.